The molecule has 3 heterocycles. The normalized spacial score (nSPS) is 58.7. The van der Waals surface area contributed by atoms with E-state index in [9.17, 15) is 14.7 Å². The summed E-state index contributed by atoms with van der Waals surface area (Å²) in [5.74, 6) is -1.19. The zero-order valence-corrected chi connectivity index (χ0v) is 22.1. The van der Waals surface area contributed by atoms with E-state index >= 15 is 0 Å². The number of epoxide rings is 1. The van der Waals surface area contributed by atoms with Gasteiger partial charge < -0.3 is 24.1 Å². The maximum absolute atomic E-state index is 13.6. The number of esters is 1. The first-order chi connectivity index (χ1) is 16.9. The van der Waals surface area contributed by atoms with Gasteiger partial charge in [-0.15, -0.1) is 0 Å². The van der Waals surface area contributed by atoms with E-state index in [-0.39, 0.29) is 41.5 Å². The molecule has 0 unspecified atom stereocenters. The van der Waals surface area contributed by atoms with E-state index in [0.29, 0.717) is 18.4 Å². The number of ketones is 1. The van der Waals surface area contributed by atoms with Crippen LogP contribution in [-0.2, 0) is 28.5 Å². The average molecular weight is 499 g/mol. The lowest BCUT2D eigenvalue weighted by Crippen LogP contribution is -2.77. The third kappa shape index (κ3) is 2.21. The highest BCUT2D eigenvalue weighted by Gasteiger charge is 2.84. The summed E-state index contributed by atoms with van der Waals surface area (Å²) in [4.78, 5) is 26.1. The number of aliphatic hydroxyl groups is 1. The number of methoxy groups -OCH3 is 1. The van der Waals surface area contributed by atoms with E-state index < -0.39 is 40.0 Å². The van der Waals surface area contributed by atoms with Gasteiger partial charge in [0.25, 0.3) is 0 Å². The van der Waals surface area contributed by atoms with Crippen LogP contribution in [0.2, 0.25) is 0 Å². The van der Waals surface area contributed by atoms with Gasteiger partial charge in [-0.1, -0.05) is 19.9 Å². The van der Waals surface area contributed by atoms with Crippen LogP contribution < -0.4 is 0 Å². The first-order valence-electron chi connectivity index (χ1n) is 13.6. The van der Waals surface area contributed by atoms with E-state index in [1.54, 1.807) is 20.1 Å². The van der Waals surface area contributed by atoms with Crippen LogP contribution in [0.3, 0.4) is 0 Å². The zero-order chi connectivity index (χ0) is 25.6. The molecular weight excluding hydrogens is 460 g/mol. The van der Waals surface area contributed by atoms with Crippen LogP contribution in [-0.4, -0.2) is 59.3 Å². The van der Waals surface area contributed by atoms with Crippen LogP contribution in [0.5, 0.6) is 0 Å². The average Bonchev–Trinajstić information content (AvgIpc) is 3.40. The number of allylic oxidation sites excluding steroid dienone is 1. The van der Waals surface area contributed by atoms with E-state index in [2.05, 4.69) is 13.8 Å². The third-order valence-corrected chi connectivity index (χ3v) is 12.7. The van der Waals surface area contributed by atoms with Gasteiger partial charge in [0.2, 0.25) is 0 Å². The number of hydrogen-bond donors (Lipinski definition) is 1. The molecule has 7 rings (SSSR count). The molecule has 2 saturated heterocycles. The molecule has 0 radical (unpaired) electrons. The summed E-state index contributed by atoms with van der Waals surface area (Å²) >= 11 is 0. The molecule has 0 aromatic carbocycles. The monoisotopic (exact) mass is 498 g/mol. The summed E-state index contributed by atoms with van der Waals surface area (Å²) in [6.45, 7) is 9.97. The second-order valence-corrected chi connectivity index (χ2v) is 13.1. The molecule has 3 aliphatic heterocycles. The molecule has 3 saturated carbocycles. The topological polar surface area (TPSA) is 94.6 Å². The summed E-state index contributed by atoms with van der Waals surface area (Å²) in [5.41, 5.74) is -1.35. The fraction of sp³-hybridized carbons (Fsp3) is 0.793. The molecule has 0 amide bonds. The smallest absolute Gasteiger partial charge is 0.334 e. The van der Waals surface area contributed by atoms with E-state index in [4.69, 9.17) is 18.9 Å². The maximum Gasteiger partial charge on any atom is 0.334 e. The Balaban J connectivity index is 1.37. The molecule has 7 nitrogen and oxygen atoms in total. The fourth-order valence-corrected chi connectivity index (χ4v) is 10.3. The fourth-order valence-electron chi connectivity index (χ4n) is 10.3. The molecule has 1 N–H and O–H groups in total. The first kappa shape index (κ1) is 23.6. The summed E-state index contributed by atoms with van der Waals surface area (Å²) in [7, 11) is 1.67. The quantitative estimate of drug-likeness (QED) is 0.460. The molecule has 1 spiro atoms. The van der Waals surface area contributed by atoms with Crippen molar-refractivity contribution in [1.29, 1.82) is 0 Å². The molecule has 0 aromatic rings. The lowest BCUT2D eigenvalue weighted by atomic mass is 9.42. The Morgan fingerprint density at radius 1 is 1.14 bits per heavy atom. The van der Waals surface area contributed by atoms with Crippen LogP contribution >= 0.6 is 0 Å². The minimum absolute atomic E-state index is 0.00707. The zero-order valence-electron chi connectivity index (χ0n) is 22.1. The third-order valence-electron chi connectivity index (χ3n) is 12.7. The molecule has 0 bridgehead atoms. The van der Waals surface area contributed by atoms with Gasteiger partial charge in [-0.3, -0.25) is 4.79 Å². The number of carbonyl (C=O) groups is 2. The molecule has 196 valence electrons. The van der Waals surface area contributed by atoms with Gasteiger partial charge >= 0.3 is 5.97 Å². The molecular formula is C29H38O7. The minimum Gasteiger partial charge on any atom is -0.452 e. The van der Waals surface area contributed by atoms with Gasteiger partial charge in [-0.2, -0.15) is 0 Å². The Morgan fingerprint density at radius 2 is 1.89 bits per heavy atom. The maximum atomic E-state index is 13.6. The number of fused-ring (bicyclic) bond motifs is 3. The Morgan fingerprint density at radius 3 is 2.56 bits per heavy atom. The molecule has 5 fully saturated rings. The Kier molecular flexibility index (Phi) is 4.40. The van der Waals surface area contributed by atoms with Crippen molar-refractivity contribution in [3.8, 4) is 0 Å². The van der Waals surface area contributed by atoms with Crippen molar-refractivity contribution in [2.75, 3.05) is 7.11 Å². The predicted molar refractivity (Wildman–Crippen MR) is 129 cm³/mol. The summed E-state index contributed by atoms with van der Waals surface area (Å²) in [6.07, 6.45) is 6.35. The lowest BCUT2D eigenvalue weighted by Gasteiger charge is -2.69. The van der Waals surface area contributed by atoms with Crippen molar-refractivity contribution >= 4 is 11.8 Å². The molecule has 7 heteroatoms. The number of ether oxygens (including phenoxy) is 4. The van der Waals surface area contributed by atoms with Crippen molar-refractivity contribution in [2.24, 2.45) is 34.5 Å². The van der Waals surface area contributed by atoms with Crippen molar-refractivity contribution < 1.29 is 33.6 Å². The van der Waals surface area contributed by atoms with Gasteiger partial charge in [0.1, 0.15) is 11.7 Å². The van der Waals surface area contributed by atoms with Crippen molar-refractivity contribution in [1.82, 2.24) is 0 Å². The number of cyclic esters (lactones) is 1. The molecule has 4 aliphatic carbocycles. The second-order valence-electron chi connectivity index (χ2n) is 13.1. The van der Waals surface area contributed by atoms with Crippen LogP contribution in [0.25, 0.3) is 0 Å². The minimum atomic E-state index is -1.11. The summed E-state index contributed by atoms with van der Waals surface area (Å²) < 4.78 is 25.7. The SMILES string of the molecule is CO[C@@]12C[C@H]3[C@@H](C[C@H]4O[C@]45CC=CC(=O)[C@]35C)[C@H]3CC[C@@](O)([C@H](C)[C@@H]([C@H]4OC(=O)C(C)=C4C)O1)[C@]32C. The molecule has 12 atom stereocenters. The van der Waals surface area contributed by atoms with Crippen LogP contribution in [0.4, 0.5) is 0 Å². The standard InChI is InChI=1S/C29H38O7/c1-14-15(2)24(31)34-22(14)23-16(3)27(32)11-9-18-17-12-21-28(35-21)10-7-8-20(30)25(28,4)19(17)13-29(33-6,36-23)26(18,27)5/h7-8,16-19,21-23,32H,9-13H2,1-6H3/t16-,17+,18-,19+,21-,22+,23+,25+,26+,27-,28-,29+/m1/s1. The predicted octanol–water partition coefficient (Wildman–Crippen LogP) is 3.49. The lowest BCUT2D eigenvalue weighted by molar-refractivity contribution is -0.420. The largest absolute Gasteiger partial charge is 0.452 e. The second kappa shape index (κ2) is 6.71. The highest BCUT2D eigenvalue weighted by atomic mass is 16.7. The van der Waals surface area contributed by atoms with E-state index in [1.807, 2.05) is 19.9 Å². The van der Waals surface area contributed by atoms with Crippen molar-refractivity contribution in [2.45, 2.75) is 102 Å². The van der Waals surface area contributed by atoms with Gasteiger partial charge in [0.15, 0.2) is 17.7 Å². The van der Waals surface area contributed by atoms with E-state index in [1.165, 1.54) is 0 Å². The van der Waals surface area contributed by atoms with Crippen molar-refractivity contribution in [3.05, 3.63) is 23.3 Å². The molecule has 7 aliphatic rings. The number of hydrogen-bond acceptors (Lipinski definition) is 7. The van der Waals surface area contributed by atoms with Gasteiger partial charge in [-0.05, 0) is 75.9 Å². The number of rotatable bonds is 2. The van der Waals surface area contributed by atoms with Gasteiger partial charge in [-0.25, -0.2) is 4.79 Å². The molecule has 0 aromatic heterocycles. The van der Waals surface area contributed by atoms with E-state index in [0.717, 1.165) is 24.8 Å². The number of carbonyl (C=O) groups excluding carboxylic acids is 2. The van der Waals surface area contributed by atoms with Crippen LogP contribution in [0, 0.1) is 34.5 Å². The Labute approximate surface area is 212 Å². The molecule has 36 heavy (non-hydrogen) atoms. The van der Waals surface area contributed by atoms with Gasteiger partial charge in [0, 0.05) is 25.0 Å². The Bertz CT molecular complexity index is 1140. The highest BCUT2D eigenvalue weighted by molar-refractivity contribution is 5.97. The van der Waals surface area contributed by atoms with Crippen LogP contribution in [0.1, 0.15) is 66.7 Å². The van der Waals surface area contributed by atoms with Gasteiger partial charge in [0.05, 0.1) is 22.5 Å². The Hall–Kier alpha value is -1.54. The van der Waals surface area contributed by atoms with Crippen molar-refractivity contribution in [3.63, 3.8) is 0 Å². The summed E-state index contributed by atoms with van der Waals surface area (Å²) in [5, 5.41) is 12.6. The summed E-state index contributed by atoms with van der Waals surface area (Å²) in [6, 6.07) is 0. The highest BCUT2D eigenvalue weighted by Crippen LogP contribution is 2.77. The van der Waals surface area contributed by atoms with Crippen LogP contribution in [0.15, 0.2) is 23.3 Å². The first-order valence-corrected chi connectivity index (χ1v) is 13.6.